The van der Waals surface area contributed by atoms with Gasteiger partial charge in [-0.15, -0.1) is 0 Å². The second-order valence-electron chi connectivity index (χ2n) is 6.43. The van der Waals surface area contributed by atoms with Crippen LogP contribution in [0.2, 0.25) is 10.0 Å². The van der Waals surface area contributed by atoms with Gasteiger partial charge in [0.1, 0.15) is 0 Å². The van der Waals surface area contributed by atoms with Crippen LogP contribution in [-0.2, 0) is 9.59 Å². The fraction of sp³-hybridized carbons (Fsp3) is 0.263. The SMILES string of the molecule is Cc1cc(C)cc(NC(=O)C2CC2C(=O)Nc2ccc(Cl)cc2Cl)c1. The lowest BCUT2D eigenvalue weighted by Gasteiger charge is -2.09. The van der Waals surface area contributed by atoms with Gasteiger partial charge >= 0.3 is 0 Å². The summed E-state index contributed by atoms with van der Waals surface area (Å²) in [5, 5.41) is 6.52. The first-order valence-electron chi connectivity index (χ1n) is 7.98. The van der Waals surface area contributed by atoms with E-state index >= 15 is 0 Å². The van der Waals surface area contributed by atoms with Gasteiger partial charge in [0.25, 0.3) is 0 Å². The molecule has 130 valence electrons. The van der Waals surface area contributed by atoms with E-state index in [9.17, 15) is 9.59 Å². The molecule has 2 unspecified atom stereocenters. The van der Waals surface area contributed by atoms with E-state index in [-0.39, 0.29) is 23.7 Å². The molecule has 25 heavy (non-hydrogen) atoms. The number of amides is 2. The van der Waals surface area contributed by atoms with E-state index < -0.39 is 0 Å². The predicted octanol–water partition coefficient (Wildman–Crippen LogP) is 4.82. The van der Waals surface area contributed by atoms with Crippen LogP contribution in [0, 0.1) is 25.7 Å². The van der Waals surface area contributed by atoms with Crippen molar-refractivity contribution in [3.63, 3.8) is 0 Å². The third-order valence-corrected chi connectivity index (χ3v) is 4.69. The Balaban J connectivity index is 1.59. The Morgan fingerprint density at radius 1 is 0.920 bits per heavy atom. The fourth-order valence-electron chi connectivity index (χ4n) is 2.87. The number of halogens is 2. The van der Waals surface area contributed by atoms with Gasteiger partial charge in [-0.1, -0.05) is 29.3 Å². The minimum absolute atomic E-state index is 0.132. The topological polar surface area (TPSA) is 58.2 Å². The molecule has 2 N–H and O–H groups in total. The normalized spacial score (nSPS) is 18.6. The lowest BCUT2D eigenvalue weighted by Crippen LogP contribution is -2.20. The lowest BCUT2D eigenvalue weighted by molar-refractivity contribution is -0.122. The second kappa shape index (κ2) is 7.06. The molecule has 2 amide bonds. The first-order valence-corrected chi connectivity index (χ1v) is 8.74. The van der Waals surface area contributed by atoms with Gasteiger partial charge in [-0.05, 0) is 61.7 Å². The van der Waals surface area contributed by atoms with Crippen LogP contribution in [0.5, 0.6) is 0 Å². The van der Waals surface area contributed by atoms with Crippen molar-refractivity contribution < 1.29 is 9.59 Å². The number of aryl methyl sites for hydroxylation is 2. The minimum atomic E-state index is -0.336. The van der Waals surface area contributed by atoms with Crippen LogP contribution in [0.15, 0.2) is 36.4 Å². The summed E-state index contributed by atoms with van der Waals surface area (Å²) in [6.07, 6.45) is 0.535. The van der Waals surface area contributed by atoms with Crippen LogP contribution in [0.4, 0.5) is 11.4 Å². The number of carbonyl (C=O) groups excluding carboxylic acids is 2. The standard InChI is InChI=1S/C19H18Cl2N2O2/c1-10-5-11(2)7-13(6-10)22-18(24)14-9-15(14)19(25)23-17-4-3-12(20)8-16(17)21/h3-8,14-15H,9H2,1-2H3,(H,22,24)(H,23,25). The minimum Gasteiger partial charge on any atom is -0.326 e. The molecule has 0 aliphatic heterocycles. The number of anilines is 2. The Kier molecular flexibility index (Phi) is 5.02. The van der Waals surface area contributed by atoms with E-state index in [4.69, 9.17) is 23.2 Å². The molecule has 2 aromatic carbocycles. The van der Waals surface area contributed by atoms with Gasteiger partial charge in [-0.2, -0.15) is 0 Å². The Labute approximate surface area is 156 Å². The van der Waals surface area contributed by atoms with Crippen molar-refractivity contribution >= 4 is 46.4 Å². The summed E-state index contributed by atoms with van der Waals surface area (Å²) in [5.74, 6) is -0.985. The van der Waals surface area contributed by atoms with E-state index in [2.05, 4.69) is 10.6 Å². The summed E-state index contributed by atoms with van der Waals surface area (Å²) >= 11 is 11.9. The van der Waals surface area contributed by atoms with Gasteiger partial charge in [0.15, 0.2) is 0 Å². The van der Waals surface area contributed by atoms with Gasteiger partial charge in [-0.25, -0.2) is 0 Å². The highest BCUT2D eigenvalue weighted by Gasteiger charge is 2.48. The number of nitrogens with one attached hydrogen (secondary N) is 2. The number of rotatable bonds is 4. The van der Waals surface area contributed by atoms with E-state index in [0.717, 1.165) is 16.8 Å². The fourth-order valence-corrected chi connectivity index (χ4v) is 3.33. The number of carbonyl (C=O) groups is 2. The molecule has 0 radical (unpaired) electrons. The highest BCUT2D eigenvalue weighted by molar-refractivity contribution is 6.36. The van der Waals surface area contributed by atoms with Crippen molar-refractivity contribution in [1.82, 2.24) is 0 Å². The van der Waals surface area contributed by atoms with Crippen molar-refractivity contribution in [2.75, 3.05) is 10.6 Å². The summed E-state index contributed by atoms with van der Waals surface area (Å²) < 4.78 is 0. The molecule has 3 rings (SSSR count). The molecule has 6 heteroatoms. The maximum absolute atomic E-state index is 12.3. The highest BCUT2D eigenvalue weighted by atomic mass is 35.5. The Hall–Kier alpha value is -2.04. The van der Waals surface area contributed by atoms with E-state index in [1.165, 1.54) is 0 Å². The molecule has 4 nitrogen and oxygen atoms in total. The zero-order chi connectivity index (χ0) is 18.1. The van der Waals surface area contributed by atoms with Gasteiger partial charge in [0.05, 0.1) is 22.5 Å². The molecule has 0 saturated heterocycles. The zero-order valence-corrected chi connectivity index (χ0v) is 15.4. The van der Waals surface area contributed by atoms with E-state index in [0.29, 0.717) is 22.2 Å². The molecular weight excluding hydrogens is 359 g/mol. The van der Waals surface area contributed by atoms with Crippen LogP contribution in [0.1, 0.15) is 17.5 Å². The monoisotopic (exact) mass is 376 g/mol. The quantitative estimate of drug-likeness (QED) is 0.802. The molecule has 1 aliphatic carbocycles. The summed E-state index contributed by atoms with van der Waals surface area (Å²) in [6, 6.07) is 10.7. The maximum atomic E-state index is 12.3. The molecule has 1 fully saturated rings. The van der Waals surface area contributed by atoms with Crippen LogP contribution in [-0.4, -0.2) is 11.8 Å². The number of hydrogen-bond donors (Lipinski definition) is 2. The zero-order valence-electron chi connectivity index (χ0n) is 13.9. The lowest BCUT2D eigenvalue weighted by atomic mass is 10.1. The van der Waals surface area contributed by atoms with Gasteiger partial charge < -0.3 is 10.6 Å². The highest BCUT2D eigenvalue weighted by Crippen LogP contribution is 2.41. The molecule has 2 atom stereocenters. The van der Waals surface area contributed by atoms with Crippen molar-refractivity contribution in [1.29, 1.82) is 0 Å². The molecule has 2 aromatic rings. The molecule has 0 aromatic heterocycles. The molecule has 0 heterocycles. The summed E-state index contributed by atoms with van der Waals surface area (Å²) in [7, 11) is 0. The summed E-state index contributed by atoms with van der Waals surface area (Å²) in [4.78, 5) is 24.6. The summed E-state index contributed by atoms with van der Waals surface area (Å²) in [5.41, 5.74) is 3.42. The first-order chi connectivity index (χ1) is 11.8. The molecular formula is C19H18Cl2N2O2. The maximum Gasteiger partial charge on any atom is 0.228 e. The average molecular weight is 377 g/mol. The largest absolute Gasteiger partial charge is 0.326 e. The van der Waals surface area contributed by atoms with Gasteiger partial charge in [-0.3, -0.25) is 9.59 Å². The van der Waals surface area contributed by atoms with Crippen molar-refractivity contribution in [2.45, 2.75) is 20.3 Å². The van der Waals surface area contributed by atoms with Gasteiger partial charge in [0, 0.05) is 10.7 Å². The van der Waals surface area contributed by atoms with Crippen LogP contribution < -0.4 is 10.6 Å². The average Bonchev–Trinajstić information content (AvgIpc) is 3.29. The first kappa shape index (κ1) is 17.8. The van der Waals surface area contributed by atoms with Gasteiger partial charge in [0.2, 0.25) is 11.8 Å². The second-order valence-corrected chi connectivity index (χ2v) is 7.27. The predicted molar refractivity (Wildman–Crippen MR) is 101 cm³/mol. The van der Waals surface area contributed by atoms with Crippen LogP contribution in [0.25, 0.3) is 0 Å². The van der Waals surface area contributed by atoms with Crippen LogP contribution >= 0.6 is 23.2 Å². The number of hydrogen-bond acceptors (Lipinski definition) is 2. The Morgan fingerprint density at radius 2 is 1.52 bits per heavy atom. The smallest absolute Gasteiger partial charge is 0.228 e. The molecule has 0 spiro atoms. The van der Waals surface area contributed by atoms with Crippen molar-refractivity contribution in [3.05, 3.63) is 57.6 Å². The Morgan fingerprint density at radius 3 is 2.12 bits per heavy atom. The molecule has 1 saturated carbocycles. The van der Waals surface area contributed by atoms with Crippen LogP contribution in [0.3, 0.4) is 0 Å². The number of benzene rings is 2. The summed E-state index contributed by atoms with van der Waals surface area (Å²) in [6.45, 7) is 3.96. The molecule has 1 aliphatic rings. The molecule has 0 bridgehead atoms. The third-order valence-electron chi connectivity index (χ3n) is 4.14. The third kappa shape index (κ3) is 4.33. The van der Waals surface area contributed by atoms with E-state index in [1.807, 2.05) is 32.0 Å². The van der Waals surface area contributed by atoms with E-state index in [1.54, 1.807) is 18.2 Å². The van der Waals surface area contributed by atoms with Crippen molar-refractivity contribution in [2.24, 2.45) is 11.8 Å². The van der Waals surface area contributed by atoms with Crippen molar-refractivity contribution in [3.8, 4) is 0 Å². The Bertz CT molecular complexity index is 831.